The fourth-order valence-electron chi connectivity index (χ4n) is 3.65. The molecule has 1 amide bonds. The number of likely N-dealkylation sites (tertiary alicyclic amines) is 1. The summed E-state index contributed by atoms with van der Waals surface area (Å²) in [5.74, 6) is 0.377. The molecular weight excluding hydrogens is 368 g/mol. The van der Waals surface area contributed by atoms with Gasteiger partial charge in [-0.3, -0.25) is 4.68 Å². The molecule has 2 rings (SSSR count). The van der Waals surface area contributed by atoms with Crippen LogP contribution in [0.4, 0.5) is 4.79 Å². The number of nitrogens with two attached hydrogens (primary N) is 1. The van der Waals surface area contributed by atoms with Crippen LogP contribution in [0.5, 0.6) is 0 Å². The molecule has 1 aliphatic heterocycles. The van der Waals surface area contributed by atoms with Gasteiger partial charge in [-0.05, 0) is 66.7 Å². The number of rotatable bonds is 5. The Balaban J connectivity index is 1.91. The van der Waals surface area contributed by atoms with Crippen LogP contribution in [-0.2, 0) is 21.3 Å². The van der Waals surface area contributed by atoms with Gasteiger partial charge in [-0.2, -0.15) is 5.10 Å². The van der Waals surface area contributed by atoms with Gasteiger partial charge in [0.25, 0.3) is 0 Å². The second-order valence-electron chi connectivity index (χ2n) is 9.00. The lowest BCUT2D eigenvalue weighted by molar-refractivity contribution is 0.0130. The third-order valence-electron chi connectivity index (χ3n) is 4.78. The summed E-state index contributed by atoms with van der Waals surface area (Å²) in [5.41, 5.74) is -0.337. The number of sulfonamides is 1. The highest BCUT2D eigenvalue weighted by molar-refractivity contribution is 7.89. The molecule has 1 aromatic rings. The van der Waals surface area contributed by atoms with Gasteiger partial charge in [0.1, 0.15) is 10.5 Å². The van der Waals surface area contributed by atoms with Crippen LogP contribution in [0.2, 0.25) is 0 Å². The summed E-state index contributed by atoms with van der Waals surface area (Å²) in [7, 11) is -3.74. The molecule has 0 spiro atoms. The Hall–Kier alpha value is -1.61. The van der Waals surface area contributed by atoms with Crippen molar-refractivity contribution in [3.63, 3.8) is 0 Å². The molecule has 1 saturated heterocycles. The topological polar surface area (TPSA) is 108 Å². The van der Waals surface area contributed by atoms with Gasteiger partial charge in [-0.1, -0.05) is 0 Å². The average Bonchev–Trinajstić information content (AvgIpc) is 2.96. The largest absolute Gasteiger partial charge is 0.444 e. The molecule has 0 saturated carbocycles. The van der Waals surface area contributed by atoms with Crippen LogP contribution >= 0.6 is 0 Å². The normalized spacial score (nSPS) is 20.1. The molecule has 27 heavy (non-hydrogen) atoms. The first-order valence-corrected chi connectivity index (χ1v) is 10.8. The van der Waals surface area contributed by atoms with Crippen LogP contribution < -0.4 is 5.14 Å². The zero-order valence-electron chi connectivity index (χ0n) is 17.2. The summed E-state index contributed by atoms with van der Waals surface area (Å²) in [6.45, 7) is 12.6. The molecule has 1 aromatic heterocycles. The van der Waals surface area contributed by atoms with E-state index < -0.39 is 15.6 Å². The minimum Gasteiger partial charge on any atom is -0.444 e. The van der Waals surface area contributed by atoms with E-state index in [9.17, 15) is 13.2 Å². The number of amides is 1. The van der Waals surface area contributed by atoms with E-state index in [4.69, 9.17) is 9.88 Å². The van der Waals surface area contributed by atoms with Crippen LogP contribution in [0.3, 0.4) is 0 Å². The summed E-state index contributed by atoms with van der Waals surface area (Å²) in [4.78, 5) is 14.4. The first kappa shape index (κ1) is 21.7. The highest BCUT2D eigenvalue weighted by Crippen LogP contribution is 2.36. The van der Waals surface area contributed by atoms with Crippen molar-refractivity contribution in [1.29, 1.82) is 0 Å². The van der Waals surface area contributed by atoms with Gasteiger partial charge in [-0.25, -0.2) is 18.4 Å². The number of nitrogens with zero attached hydrogens (tertiary/aromatic N) is 3. The molecule has 0 bridgehead atoms. The molecular formula is C18H32N4O4S. The predicted molar refractivity (Wildman–Crippen MR) is 103 cm³/mol. The van der Waals surface area contributed by atoms with E-state index in [0.29, 0.717) is 24.7 Å². The van der Waals surface area contributed by atoms with E-state index in [0.717, 1.165) is 19.3 Å². The van der Waals surface area contributed by atoms with E-state index in [1.54, 1.807) is 11.6 Å². The average molecular weight is 401 g/mol. The van der Waals surface area contributed by atoms with E-state index in [2.05, 4.69) is 18.9 Å². The van der Waals surface area contributed by atoms with Crippen molar-refractivity contribution >= 4 is 16.1 Å². The maximum absolute atomic E-state index is 12.5. The summed E-state index contributed by atoms with van der Waals surface area (Å²) < 4.78 is 30.1. The summed E-state index contributed by atoms with van der Waals surface area (Å²) in [5, 5.41) is 9.41. The second kappa shape index (κ2) is 7.43. The molecule has 2 N–H and O–H groups in total. The minimum absolute atomic E-state index is 0.0700. The maximum atomic E-state index is 12.5. The predicted octanol–water partition coefficient (Wildman–Crippen LogP) is 2.65. The van der Waals surface area contributed by atoms with Crippen LogP contribution in [0, 0.1) is 12.8 Å². The van der Waals surface area contributed by atoms with Crippen LogP contribution in [-0.4, -0.2) is 46.9 Å². The van der Waals surface area contributed by atoms with Crippen LogP contribution in [0.1, 0.15) is 59.6 Å². The van der Waals surface area contributed by atoms with Gasteiger partial charge in [0.05, 0.1) is 5.69 Å². The van der Waals surface area contributed by atoms with Crippen molar-refractivity contribution in [3.05, 3.63) is 11.9 Å². The molecule has 0 aromatic carbocycles. The molecule has 1 atom stereocenters. The fraction of sp³-hybridized carbons (Fsp3) is 0.778. The lowest BCUT2D eigenvalue weighted by atomic mass is 9.93. The van der Waals surface area contributed by atoms with E-state index in [1.807, 2.05) is 25.7 Å². The van der Waals surface area contributed by atoms with Gasteiger partial charge in [0, 0.05) is 24.8 Å². The summed E-state index contributed by atoms with van der Waals surface area (Å²) in [6.07, 6.45) is 3.89. The number of primary sulfonamides is 1. The number of ether oxygens (including phenoxy) is 1. The molecule has 2 heterocycles. The van der Waals surface area contributed by atoms with Crippen molar-refractivity contribution < 1.29 is 17.9 Å². The molecule has 9 heteroatoms. The van der Waals surface area contributed by atoms with Gasteiger partial charge in [-0.15, -0.1) is 0 Å². The number of carbonyl (C=O) groups excluding carboxylic acids is 1. The summed E-state index contributed by atoms with van der Waals surface area (Å²) >= 11 is 0. The molecule has 0 aliphatic carbocycles. The highest BCUT2D eigenvalue weighted by atomic mass is 32.2. The third kappa shape index (κ3) is 5.68. The van der Waals surface area contributed by atoms with Crippen molar-refractivity contribution in [2.45, 2.75) is 83.4 Å². The Labute approximate surface area is 162 Å². The van der Waals surface area contributed by atoms with Crippen LogP contribution in [0.25, 0.3) is 0 Å². The number of aromatic nitrogens is 2. The zero-order chi connectivity index (χ0) is 20.6. The monoisotopic (exact) mass is 400 g/mol. The number of carbonyl (C=O) groups is 1. The van der Waals surface area contributed by atoms with E-state index >= 15 is 0 Å². The lowest BCUT2D eigenvalue weighted by Gasteiger charge is -2.33. The molecule has 1 aliphatic rings. The van der Waals surface area contributed by atoms with E-state index in [1.165, 1.54) is 6.20 Å². The second-order valence-corrected chi connectivity index (χ2v) is 10.5. The smallest absolute Gasteiger partial charge is 0.410 e. The fourth-order valence-corrected chi connectivity index (χ4v) is 4.38. The van der Waals surface area contributed by atoms with Gasteiger partial charge in [0.2, 0.25) is 10.0 Å². The Bertz CT molecular complexity index is 793. The van der Waals surface area contributed by atoms with Crippen molar-refractivity contribution in [2.24, 2.45) is 11.1 Å². The lowest BCUT2D eigenvalue weighted by Crippen LogP contribution is -2.45. The molecule has 0 radical (unpaired) electrons. The molecule has 1 unspecified atom stereocenters. The standard InChI is InChI=1S/C18H32N4O4S/c1-13-15(27(19,24)25)12-21(20-13)9-7-8-14-10-18(5,6)22(11-14)16(23)26-17(2,3)4/h12,14H,7-11H2,1-6H3,(H2,19,24,25). The quantitative estimate of drug-likeness (QED) is 0.817. The molecule has 8 nitrogen and oxygen atoms in total. The van der Waals surface area contributed by atoms with Gasteiger partial charge >= 0.3 is 6.09 Å². The number of hydrogen-bond acceptors (Lipinski definition) is 5. The van der Waals surface area contributed by atoms with E-state index in [-0.39, 0.29) is 16.5 Å². The Kier molecular flexibility index (Phi) is 5.96. The van der Waals surface area contributed by atoms with Crippen LogP contribution in [0.15, 0.2) is 11.1 Å². The number of hydrogen-bond donors (Lipinski definition) is 1. The number of aryl methyl sites for hydroxylation is 2. The maximum Gasteiger partial charge on any atom is 0.410 e. The SMILES string of the molecule is Cc1nn(CCCC2CN(C(=O)OC(C)(C)C)C(C)(C)C2)cc1S(N)(=O)=O. The van der Waals surface area contributed by atoms with Gasteiger partial charge in [0.15, 0.2) is 0 Å². The molecule has 154 valence electrons. The summed E-state index contributed by atoms with van der Waals surface area (Å²) in [6, 6.07) is 0. The molecule has 1 fully saturated rings. The highest BCUT2D eigenvalue weighted by Gasteiger charge is 2.42. The van der Waals surface area contributed by atoms with Gasteiger partial charge < -0.3 is 9.64 Å². The Morgan fingerprint density at radius 2 is 2.04 bits per heavy atom. The first-order chi connectivity index (χ1) is 12.2. The van der Waals surface area contributed by atoms with Crippen molar-refractivity contribution in [3.8, 4) is 0 Å². The Morgan fingerprint density at radius 1 is 1.41 bits per heavy atom. The third-order valence-corrected chi connectivity index (χ3v) is 5.79. The Morgan fingerprint density at radius 3 is 2.56 bits per heavy atom. The van der Waals surface area contributed by atoms with Crippen molar-refractivity contribution in [2.75, 3.05) is 6.54 Å². The first-order valence-electron chi connectivity index (χ1n) is 9.26. The minimum atomic E-state index is -3.74. The van der Waals surface area contributed by atoms with Crippen molar-refractivity contribution in [1.82, 2.24) is 14.7 Å². The zero-order valence-corrected chi connectivity index (χ0v) is 18.0.